The summed E-state index contributed by atoms with van der Waals surface area (Å²) in [5, 5.41) is 7.53. The average Bonchev–Trinajstić information content (AvgIpc) is 2.91. The lowest BCUT2D eigenvalue weighted by atomic mass is 10.0. The second-order valence-electron chi connectivity index (χ2n) is 6.26. The van der Waals surface area contributed by atoms with Gasteiger partial charge in [0.25, 0.3) is 5.91 Å². The Bertz CT molecular complexity index is 868. The maximum Gasteiger partial charge on any atom is 0.256 e. The second kappa shape index (κ2) is 6.57. The summed E-state index contributed by atoms with van der Waals surface area (Å²) >= 11 is 8.73. The zero-order valence-corrected chi connectivity index (χ0v) is 17.8. The summed E-state index contributed by atoms with van der Waals surface area (Å²) in [5.41, 5.74) is 2.90. The number of rotatable bonds is 2. The first-order valence-corrected chi connectivity index (χ1v) is 10.3. The molecule has 1 atom stereocenters. The second-order valence-corrected chi connectivity index (χ2v) is 9.13. The molecule has 1 amide bonds. The summed E-state index contributed by atoms with van der Waals surface area (Å²) in [7, 11) is 3.75. The van der Waals surface area contributed by atoms with Gasteiger partial charge in [-0.2, -0.15) is 0 Å². The lowest BCUT2D eigenvalue weighted by Gasteiger charge is -2.28. The number of benzene rings is 1. The first kappa shape index (κ1) is 17.3. The fourth-order valence-electron chi connectivity index (χ4n) is 3.41. The zero-order valence-electron chi connectivity index (χ0n) is 13.8. The molecule has 1 aromatic heterocycles. The third-order valence-corrected chi connectivity index (χ3v) is 6.77. The van der Waals surface area contributed by atoms with Crippen molar-refractivity contribution in [2.45, 2.75) is 19.1 Å². The molecule has 2 aliphatic rings. The Morgan fingerprint density at radius 1 is 1.32 bits per heavy atom. The average molecular weight is 487 g/mol. The van der Waals surface area contributed by atoms with E-state index in [1.807, 2.05) is 12.1 Å². The van der Waals surface area contributed by atoms with E-state index in [1.165, 1.54) is 10.4 Å². The number of nitrogens with one attached hydrogen (secondary N) is 2. The minimum absolute atomic E-state index is 0.0149. The van der Waals surface area contributed by atoms with Gasteiger partial charge in [0.05, 0.1) is 17.1 Å². The number of amides is 1. The topological polar surface area (TPSA) is 53.6 Å². The number of likely N-dealkylation sites (N-methyl/N-ethyl adjacent to an activating group) is 1. The van der Waals surface area contributed by atoms with Crippen molar-refractivity contribution in [3.05, 3.63) is 42.6 Å². The van der Waals surface area contributed by atoms with Crippen molar-refractivity contribution in [3.63, 3.8) is 0 Å². The molecule has 2 N–H and O–H groups in total. The van der Waals surface area contributed by atoms with Crippen LogP contribution in [0.15, 0.2) is 21.1 Å². The van der Waals surface area contributed by atoms with Crippen LogP contribution in [0.3, 0.4) is 0 Å². The minimum Gasteiger partial charge on any atom is -0.495 e. The molecule has 4 rings (SSSR count). The van der Waals surface area contributed by atoms with E-state index in [0.717, 1.165) is 44.6 Å². The van der Waals surface area contributed by atoms with E-state index in [-0.39, 0.29) is 12.1 Å². The fraction of sp³-hybridized carbons (Fsp3) is 0.353. The molecule has 0 saturated carbocycles. The number of hydrogen-bond acceptors (Lipinski definition) is 5. The van der Waals surface area contributed by atoms with Gasteiger partial charge in [-0.25, -0.2) is 0 Å². The largest absolute Gasteiger partial charge is 0.495 e. The highest BCUT2D eigenvalue weighted by Gasteiger charge is 2.34. The lowest BCUT2D eigenvalue weighted by molar-refractivity contribution is 0.0934. The van der Waals surface area contributed by atoms with Gasteiger partial charge in [0.1, 0.15) is 16.9 Å². The molecular formula is C17H17Br2N3O2S. The van der Waals surface area contributed by atoms with Crippen molar-refractivity contribution in [1.29, 1.82) is 0 Å². The summed E-state index contributed by atoms with van der Waals surface area (Å²) in [4.78, 5) is 16.4. The van der Waals surface area contributed by atoms with Crippen molar-refractivity contribution in [2.24, 2.45) is 0 Å². The van der Waals surface area contributed by atoms with Gasteiger partial charge in [0, 0.05) is 28.0 Å². The Hall–Kier alpha value is -1.09. The lowest BCUT2D eigenvalue weighted by Crippen LogP contribution is -2.39. The SMILES string of the molecule is COc1c(Br)cc(Br)cc1C1NC(=O)c2c(sc3c2CCN(C)C3)N1. The molecule has 1 aromatic carbocycles. The highest BCUT2D eigenvalue weighted by molar-refractivity contribution is 9.11. The molecule has 0 fully saturated rings. The quantitative estimate of drug-likeness (QED) is 0.670. The summed E-state index contributed by atoms with van der Waals surface area (Å²) in [6.07, 6.45) is 0.588. The molecule has 2 aromatic rings. The third kappa shape index (κ3) is 2.99. The summed E-state index contributed by atoms with van der Waals surface area (Å²) < 4.78 is 7.30. The van der Waals surface area contributed by atoms with E-state index in [9.17, 15) is 4.79 Å². The van der Waals surface area contributed by atoms with Crippen molar-refractivity contribution >= 4 is 54.1 Å². The van der Waals surface area contributed by atoms with Crippen molar-refractivity contribution < 1.29 is 9.53 Å². The van der Waals surface area contributed by atoms with E-state index >= 15 is 0 Å². The van der Waals surface area contributed by atoms with Crippen molar-refractivity contribution in [2.75, 3.05) is 26.0 Å². The van der Waals surface area contributed by atoms with Crippen LogP contribution in [0, 0.1) is 0 Å². The number of methoxy groups -OCH3 is 1. The van der Waals surface area contributed by atoms with Gasteiger partial charge in [0.15, 0.2) is 0 Å². The van der Waals surface area contributed by atoms with Crippen LogP contribution < -0.4 is 15.4 Å². The Morgan fingerprint density at radius 3 is 2.88 bits per heavy atom. The van der Waals surface area contributed by atoms with Crippen molar-refractivity contribution in [1.82, 2.24) is 10.2 Å². The molecule has 0 bridgehead atoms. The van der Waals surface area contributed by atoms with E-state index in [2.05, 4.69) is 54.4 Å². The number of carbonyl (C=O) groups is 1. The predicted molar refractivity (Wildman–Crippen MR) is 107 cm³/mol. The fourth-order valence-corrected chi connectivity index (χ4v) is 6.18. The van der Waals surface area contributed by atoms with Gasteiger partial charge in [-0.3, -0.25) is 4.79 Å². The van der Waals surface area contributed by atoms with E-state index in [1.54, 1.807) is 18.4 Å². The van der Waals surface area contributed by atoms with Crippen LogP contribution in [0.4, 0.5) is 5.00 Å². The molecule has 0 aliphatic carbocycles. The zero-order chi connectivity index (χ0) is 17.7. The number of halogens is 2. The molecule has 25 heavy (non-hydrogen) atoms. The molecular weight excluding hydrogens is 470 g/mol. The van der Waals surface area contributed by atoms with Crippen LogP contribution in [0.1, 0.15) is 32.5 Å². The Morgan fingerprint density at radius 2 is 2.12 bits per heavy atom. The number of thiophene rings is 1. The van der Waals surface area contributed by atoms with Crippen LogP contribution in [0.25, 0.3) is 0 Å². The predicted octanol–water partition coefficient (Wildman–Crippen LogP) is 4.12. The monoisotopic (exact) mass is 485 g/mol. The van der Waals surface area contributed by atoms with Gasteiger partial charge < -0.3 is 20.3 Å². The van der Waals surface area contributed by atoms with E-state index in [0.29, 0.717) is 5.75 Å². The highest BCUT2D eigenvalue weighted by atomic mass is 79.9. The third-order valence-electron chi connectivity index (χ3n) is 4.58. The summed E-state index contributed by atoms with van der Waals surface area (Å²) in [5.74, 6) is 0.699. The number of carbonyl (C=O) groups excluding carboxylic acids is 1. The molecule has 1 unspecified atom stereocenters. The summed E-state index contributed by atoms with van der Waals surface area (Å²) in [6, 6.07) is 3.89. The van der Waals surface area contributed by atoms with Gasteiger partial charge in [-0.15, -0.1) is 11.3 Å². The summed E-state index contributed by atoms with van der Waals surface area (Å²) in [6.45, 7) is 1.89. The number of nitrogens with zero attached hydrogens (tertiary/aromatic N) is 1. The molecule has 0 saturated heterocycles. The number of anilines is 1. The normalized spacial score (nSPS) is 19.7. The van der Waals surface area contributed by atoms with Gasteiger partial charge in [-0.05, 0) is 47.1 Å². The Kier molecular flexibility index (Phi) is 4.56. The van der Waals surface area contributed by atoms with Crippen molar-refractivity contribution in [3.8, 4) is 5.75 Å². The van der Waals surface area contributed by atoms with Crippen LogP contribution in [0.2, 0.25) is 0 Å². The molecule has 8 heteroatoms. The van der Waals surface area contributed by atoms with Crippen LogP contribution in [-0.4, -0.2) is 31.5 Å². The first-order valence-electron chi connectivity index (χ1n) is 7.91. The highest BCUT2D eigenvalue weighted by Crippen LogP contribution is 2.43. The number of fused-ring (bicyclic) bond motifs is 3. The molecule has 0 radical (unpaired) electrons. The molecule has 2 aliphatic heterocycles. The Balaban J connectivity index is 1.75. The molecule has 132 valence electrons. The molecule has 0 spiro atoms. The van der Waals surface area contributed by atoms with E-state index < -0.39 is 0 Å². The standard InChI is InChI=1S/C17H17Br2N3O2S/c1-22-4-3-9-12(7-22)25-17-13(9)16(23)20-15(21-17)10-5-8(18)6-11(19)14(10)24-2/h5-6,15,21H,3-4,7H2,1-2H3,(H,20,23). The molecule has 5 nitrogen and oxygen atoms in total. The smallest absolute Gasteiger partial charge is 0.256 e. The minimum atomic E-state index is -0.332. The maximum atomic E-state index is 12.8. The van der Waals surface area contributed by atoms with Gasteiger partial charge in [0.2, 0.25) is 0 Å². The first-order chi connectivity index (χ1) is 12.0. The molecule has 3 heterocycles. The Labute approximate surface area is 167 Å². The van der Waals surface area contributed by atoms with Crippen LogP contribution in [0.5, 0.6) is 5.75 Å². The van der Waals surface area contributed by atoms with Crippen LogP contribution >= 0.6 is 43.2 Å². The van der Waals surface area contributed by atoms with Crippen LogP contribution in [-0.2, 0) is 13.0 Å². The van der Waals surface area contributed by atoms with E-state index in [4.69, 9.17) is 4.74 Å². The number of ether oxygens (including phenoxy) is 1. The number of hydrogen-bond donors (Lipinski definition) is 2. The van der Waals surface area contributed by atoms with Gasteiger partial charge >= 0.3 is 0 Å². The van der Waals surface area contributed by atoms with Gasteiger partial charge in [-0.1, -0.05) is 15.9 Å². The maximum absolute atomic E-state index is 12.8.